The van der Waals surface area contributed by atoms with Gasteiger partial charge in [0.15, 0.2) is 10.8 Å². The number of carbonyl (C=O) groups is 1. The zero-order valence-electron chi connectivity index (χ0n) is 21.3. The van der Waals surface area contributed by atoms with Crippen molar-refractivity contribution < 1.29 is 9.53 Å². The van der Waals surface area contributed by atoms with Gasteiger partial charge in [-0.25, -0.2) is 9.50 Å². The molecule has 1 aromatic carbocycles. The van der Waals surface area contributed by atoms with Gasteiger partial charge in [0.1, 0.15) is 0 Å². The minimum atomic E-state index is -0.217. The number of benzene rings is 1. The van der Waals surface area contributed by atoms with Gasteiger partial charge in [-0.3, -0.25) is 4.79 Å². The van der Waals surface area contributed by atoms with E-state index >= 15 is 0 Å². The lowest BCUT2D eigenvalue weighted by Gasteiger charge is -2.36. The van der Waals surface area contributed by atoms with E-state index in [0.717, 1.165) is 67.9 Å². The molecular weight excluding hydrogens is 486 g/mol. The first-order chi connectivity index (χ1) is 18.1. The molecule has 0 aliphatic carbocycles. The SMILES string of the molecule is CCN1CCN(c2ccc(-c3cnc4ccc(C=C5SC(N6CCOCC6)=NC5=O)nn34)cc2C)CC1. The number of nitrogens with zero attached hydrogens (tertiary/aromatic N) is 7. The summed E-state index contributed by atoms with van der Waals surface area (Å²) in [5, 5.41) is 5.56. The highest BCUT2D eigenvalue weighted by atomic mass is 32.2. The Bertz CT molecular complexity index is 1380. The zero-order valence-corrected chi connectivity index (χ0v) is 22.1. The Morgan fingerprint density at radius 3 is 2.59 bits per heavy atom. The van der Waals surface area contributed by atoms with Crippen LogP contribution in [0, 0.1) is 6.92 Å². The van der Waals surface area contributed by atoms with Crippen LogP contribution in [0.4, 0.5) is 5.69 Å². The average Bonchev–Trinajstić information content (AvgIpc) is 3.52. The molecule has 0 spiro atoms. The second-order valence-corrected chi connectivity index (χ2v) is 10.5. The fourth-order valence-corrected chi connectivity index (χ4v) is 6.01. The summed E-state index contributed by atoms with van der Waals surface area (Å²) >= 11 is 1.41. The molecule has 0 radical (unpaired) electrons. The van der Waals surface area contributed by atoms with Gasteiger partial charge in [0.25, 0.3) is 5.91 Å². The predicted octanol–water partition coefficient (Wildman–Crippen LogP) is 3.15. The van der Waals surface area contributed by atoms with E-state index in [1.54, 1.807) is 0 Å². The molecule has 3 aliphatic heterocycles. The van der Waals surface area contributed by atoms with Crippen molar-refractivity contribution in [1.82, 2.24) is 24.4 Å². The number of ether oxygens (including phenoxy) is 1. The molecule has 0 saturated carbocycles. The van der Waals surface area contributed by atoms with Crippen LogP contribution < -0.4 is 4.90 Å². The van der Waals surface area contributed by atoms with Gasteiger partial charge in [-0.05, 0) is 61.1 Å². The summed E-state index contributed by atoms with van der Waals surface area (Å²) in [5.74, 6) is -0.217. The van der Waals surface area contributed by atoms with Crippen LogP contribution in [-0.2, 0) is 9.53 Å². The number of rotatable bonds is 4. The molecule has 2 fully saturated rings. The van der Waals surface area contributed by atoms with Crippen molar-refractivity contribution in [3.05, 3.63) is 52.7 Å². The van der Waals surface area contributed by atoms with Gasteiger partial charge in [0.2, 0.25) is 0 Å². The van der Waals surface area contributed by atoms with Gasteiger partial charge < -0.3 is 19.4 Å². The maximum absolute atomic E-state index is 12.6. The van der Waals surface area contributed by atoms with Crippen LogP contribution >= 0.6 is 11.8 Å². The number of hydrogen-bond acceptors (Lipinski definition) is 8. The molecule has 0 unspecified atom stereocenters. The normalized spacial score (nSPS) is 20.3. The fraction of sp³-hybridized carbons (Fsp3) is 0.407. The molecule has 2 aromatic heterocycles. The minimum Gasteiger partial charge on any atom is -0.378 e. The van der Waals surface area contributed by atoms with E-state index in [9.17, 15) is 4.79 Å². The number of aromatic nitrogens is 3. The number of aliphatic imine (C=N–C) groups is 1. The highest BCUT2D eigenvalue weighted by Crippen LogP contribution is 2.31. The molecule has 0 atom stereocenters. The zero-order chi connectivity index (χ0) is 25.4. The molecule has 6 rings (SSSR count). The molecule has 0 N–H and O–H groups in total. The van der Waals surface area contributed by atoms with Gasteiger partial charge >= 0.3 is 0 Å². The number of fused-ring (bicyclic) bond motifs is 1. The number of amides is 1. The first-order valence-corrected chi connectivity index (χ1v) is 13.7. The maximum Gasteiger partial charge on any atom is 0.286 e. The van der Waals surface area contributed by atoms with E-state index in [1.807, 2.05) is 28.9 Å². The minimum absolute atomic E-state index is 0.217. The topological polar surface area (TPSA) is 78.6 Å². The van der Waals surface area contributed by atoms with Crippen molar-refractivity contribution in [2.24, 2.45) is 4.99 Å². The lowest BCUT2D eigenvalue weighted by molar-refractivity contribution is -0.113. The van der Waals surface area contributed by atoms with Gasteiger partial charge in [-0.15, -0.1) is 0 Å². The summed E-state index contributed by atoms with van der Waals surface area (Å²) in [5.41, 5.74) is 6.00. The van der Waals surface area contributed by atoms with Crippen LogP contribution in [0.3, 0.4) is 0 Å². The Labute approximate surface area is 220 Å². The highest BCUT2D eigenvalue weighted by Gasteiger charge is 2.27. The van der Waals surface area contributed by atoms with Crippen LogP contribution in [0.25, 0.3) is 23.0 Å². The number of piperazine rings is 1. The number of carbonyl (C=O) groups excluding carboxylic acids is 1. The largest absolute Gasteiger partial charge is 0.378 e. The number of hydrogen-bond donors (Lipinski definition) is 0. The Hall–Kier alpha value is -3.21. The molecule has 192 valence electrons. The van der Waals surface area contributed by atoms with Crippen molar-refractivity contribution in [2.45, 2.75) is 13.8 Å². The number of aryl methyl sites for hydroxylation is 1. The Balaban J connectivity index is 1.24. The van der Waals surface area contributed by atoms with Crippen molar-refractivity contribution in [2.75, 3.05) is 63.9 Å². The summed E-state index contributed by atoms with van der Waals surface area (Å²) in [6, 6.07) is 10.4. The van der Waals surface area contributed by atoms with Crippen LogP contribution in [-0.4, -0.2) is 94.5 Å². The fourth-order valence-electron chi connectivity index (χ4n) is 5.06. The number of anilines is 1. The number of thioether (sulfide) groups is 1. The van der Waals surface area contributed by atoms with Crippen molar-refractivity contribution in [1.29, 1.82) is 0 Å². The molecule has 10 heteroatoms. The van der Waals surface area contributed by atoms with Crippen LogP contribution in [0.1, 0.15) is 18.2 Å². The van der Waals surface area contributed by atoms with Gasteiger partial charge in [-0.2, -0.15) is 10.1 Å². The summed E-state index contributed by atoms with van der Waals surface area (Å²) < 4.78 is 7.27. The molecule has 2 saturated heterocycles. The lowest BCUT2D eigenvalue weighted by atomic mass is 10.1. The van der Waals surface area contributed by atoms with E-state index < -0.39 is 0 Å². The number of imidazole rings is 1. The van der Waals surface area contributed by atoms with E-state index in [-0.39, 0.29) is 5.91 Å². The highest BCUT2D eigenvalue weighted by molar-refractivity contribution is 8.18. The smallest absolute Gasteiger partial charge is 0.286 e. The van der Waals surface area contributed by atoms with E-state index in [4.69, 9.17) is 9.84 Å². The molecule has 3 aromatic rings. The van der Waals surface area contributed by atoms with Gasteiger partial charge in [0.05, 0.1) is 35.7 Å². The molecular formula is C27H31N7O2S. The van der Waals surface area contributed by atoms with Crippen LogP contribution in [0.5, 0.6) is 0 Å². The summed E-state index contributed by atoms with van der Waals surface area (Å²) in [6.45, 7) is 12.6. The summed E-state index contributed by atoms with van der Waals surface area (Å²) in [4.78, 5) is 29.1. The molecule has 0 bridgehead atoms. The van der Waals surface area contributed by atoms with Crippen LogP contribution in [0.15, 0.2) is 46.4 Å². The predicted molar refractivity (Wildman–Crippen MR) is 148 cm³/mol. The van der Waals surface area contributed by atoms with E-state index in [0.29, 0.717) is 23.8 Å². The maximum atomic E-state index is 12.6. The summed E-state index contributed by atoms with van der Waals surface area (Å²) in [6.07, 6.45) is 3.68. The molecule has 37 heavy (non-hydrogen) atoms. The third-order valence-electron chi connectivity index (χ3n) is 7.21. The van der Waals surface area contributed by atoms with Crippen molar-refractivity contribution >= 4 is 40.2 Å². The van der Waals surface area contributed by atoms with Crippen molar-refractivity contribution in [3.8, 4) is 11.3 Å². The Kier molecular flexibility index (Phi) is 6.71. The van der Waals surface area contributed by atoms with E-state index in [2.05, 4.69) is 56.7 Å². The Morgan fingerprint density at radius 1 is 1.03 bits per heavy atom. The van der Waals surface area contributed by atoms with Crippen molar-refractivity contribution in [3.63, 3.8) is 0 Å². The molecule has 1 amide bonds. The standard InChI is InChI=1S/C27H31N7O2S/c1-3-31-8-10-32(11-9-31)22-6-4-20(16-19(22)2)23-18-28-25-7-5-21(30-34(23)25)17-24-26(35)29-27(37-24)33-12-14-36-15-13-33/h4-7,16-18H,3,8-15H2,1-2H3. The molecule has 9 nitrogen and oxygen atoms in total. The van der Waals surface area contributed by atoms with Gasteiger partial charge in [-0.1, -0.05) is 13.0 Å². The van der Waals surface area contributed by atoms with Gasteiger partial charge in [0, 0.05) is 50.5 Å². The third kappa shape index (κ3) is 4.88. The second kappa shape index (κ2) is 10.3. The number of likely N-dealkylation sites (N-methyl/N-ethyl adjacent to an activating group) is 1. The first-order valence-electron chi connectivity index (χ1n) is 12.9. The first kappa shape index (κ1) is 24.1. The lowest BCUT2D eigenvalue weighted by Crippen LogP contribution is -2.46. The Morgan fingerprint density at radius 2 is 1.84 bits per heavy atom. The van der Waals surface area contributed by atoms with Crippen LogP contribution in [0.2, 0.25) is 0 Å². The number of amidine groups is 1. The molecule has 5 heterocycles. The second-order valence-electron chi connectivity index (χ2n) is 9.50. The van der Waals surface area contributed by atoms with E-state index in [1.165, 1.54) is 23.0 Å². The third-order valence-corrected chi connectivity index (χ3v) is 8.25. The monoisotopic (exact) mass is 517 g/mol. The quantitative estimate of drug-likeness (QED) is 0.489. The summed E-state index contributed by atoms with van der Waals surface area (Å²) in [7, 11) is 0. The average molecular weight is 518 g/mol. The number of morpholine rings is 1. The molecule has 3 aliphatic rings.